The predicted molar refractivity (Wildman–Crippen MR) is 105 cm³/mol. The smallest absolute Gasteiger partial charge is 0.259 e. The molecule has 27 heavy (non-hydrogen) atoms. The molecule has 1 fully saturated rings. The quantitative estimate of drug-likeness (QED) is 0.779. The third-order valence-electron chi connectivity index (χ3n) is 4.30. The molecule has 0 aromatic heterocycles. The first-order valence-corrected chi connectivity index (χ1v) is 10.5. The Bertz CT molecular complexity index is 973. The predicted octanol–water partition coefficient (Wildman–Crippen LogP) is 4.04. The van der Waals surface area contributed by atoms with Gasteiger partial charge < -0.3 is 10.1 Å². The van der Waals surface area contributed by atoms with Crippen molar-refractivity contribution in [2.45, 2.75) is 17.7 Å². The minimum atomic E-state index is -3.65. The fourth-order valence-electron chi connectivity index (χ4n) is 2.88. The van der Waals surface area contributed by atoms with E-state index in [2.05, 4.69) is 5.32 Å². The molecule has 1 aliphatic heterocycles. The van der Waals surface area contributed by atoms with E-state index in [1.54, 1.807) is 12.1 Å². The van der Waals surface area contributed by atoms with E-state index < -0.39 is 15.9 Å². The van der Waals surface area contributed by atoms with Gasteiger partial charge in [0.25, 0.3) is 5.91 Å². The number of hydrogen-bond acceptors (Lipinski definition) is 4. The minimum Gasteiger partial charge on any atom is -0.496 e. The first-order valence-electron chi connectivity index (χ1n) is 8.27. The van der Waals surface area contributed by atoms with Gasteiger partial charge in [0.1, 0.15) is 5.75 Å². The largest absolute Gasteiger partial charge is 0.496 e. The van der Waals surface area contributed by atoms with Crippen molar-refractivity contribution in [3.63, 3.8) is 0 Å². The first kappa shape index (κ1) is 19.9. The first-order chi connectivity index (χ1) is 12.8. The summed E-state index contributed by atoms with van der Waals surface area (Å²) in [6.45, 7) is 0.965. The highest BCUT2D eigenvalue weighted by Gasteiger charge is 2.28. The number of nitrogens with zero attached hydrogens (tertiary/aromatic N) is 1. The maximum atomic E-state index is 12.8. The maximum Gasteiger partial charge on any atom is 0.259 e. The number of halogens is 2. The Kier molecular flexibility index (Phi) is 5.95. The Morgan fingerprint density at radius 3 is 2.44 bits per heavy atom. The second kappa shape index (κ2) is 8.06. The van der Waals surface area contributed by atoms with E-state index >= 15 is 0 Å². The van der Waals surface area contributed by atoms with Crippen molar-refractivity contribution in [3.05, 3.63) is 52.0 Å². The third-order valence-corrected chi connectivity index (χ3v) is 6.74. The average molecular weight is 429 g/mol. The lowest BCUT2D eigenvalue weighted by atomic mass is 10.2. The molecule has 2 aromatic rings. The molecular formula is C18H18Cl2N2O4S. The topological polar surface area (TPSA) is 75.7 Å². The second-order valence-corrected chi connectivity index (χ2v) is 8.83. The van der Waals surface area contributed by atoms with Crippen LogP contribution in [-0.2, 0) is 10.0 Å². The molecule has 0 saturated carbocycles. The van der Waals surface area contributed by atoms with Crippen LogP contribution in [0.25, 0.3) is 0 Å². The van der Waals surface area contributed by atoms with E-state index in [0.29, 0.717) is 23.8 Å². The van der Waals surface area contributed by atoms with Gasteiger partial charge in [0.05, 0.1) is 28.3 Å². The van der Waals surface area contributed by atoms with Gasteiger partial charge in [0.2, 0.25) is 10.0 Å². The molecule has 0 spiro atoms. The van der Waals surface area contributed by atoms with Gasteiger partial charge in [-0.2, -0.15) is 4.31 Å². The number of rotatable bonds is 5. The van der Waals surface area contributed by atoms with Gasteiger partial charge in [-0.1, -0.05) is 23.2 Å². The summed E-state index contributed by atoms with van der Waals surface area (Å²) in [6, 6.07) is 8.91. The molecule has 0 aliphatic carbocycles. The average Bonchev–Trinajstić information content (AvgIpc) is 3.19. The zero-order valence-electron chi connectivity index (χ0n) is 14.5. The molecular weight excluding hydrogens is 411 g/mol. The van der Waals surface area contributed by atoms with Crippen molar-refractivity contribution in [2.75, 3.05) is 25.5 Å². The van der Waals surface area contributed by atoms with Crippen molar-refractivity contribution >= 4 is 44.8 Å². The number of benzene rings is 2. The number of carbonyl (C=O) groups excluding carboxylic acids is 1. The van der Waals surface area contributed by atoms with Gasteiger partial charge in [-0.25, -0.2) is 8.42 Å². The van der Waals surface area contributed by atoms with Crippen LogP contribution in [0.3, 0.4) is 0 Å². The molecule has 1 aliphatic rings. The molecule has 0 bridgehead atoms. The van der Waals surface area contributed by atoms with Crippen LogP contribution in [0.4, 0.5) is 5.69 Å². The van der Waals surface area contributed by atoms with Crippen LogP contribution < -0.4 is 10.1 Å². The van der Waals surface area contributed by atoms with Gasteiger partial charge >= 0.3 is 0 Å². The molecule has 144 valence electrons. The van der Waals surface area contributed by atoms with E-state index in [-0.39, 0.29) is 21.2 Å². The Balaban J connectivity index is 1.94. The molecule has 2 aromatic carbocycles. The number of anilines is 1. The molecule has 9 heteroatoms. The summed E-state index contributed by atoms with van der Waals surface area (Å²) >= 11 is 12.0. The summed E-state index contributed by atoms with van der Waals surface area (Å²) in [5.74, 6) is -0.271. The number of hydrogen-bond donors (Lipinski definition) is 1. The number of carbonyl (C=O) groups is 1. The maximum absolute atomic E-state index is 12.8. The summed E-state index contributed by atoms with van der Waals surface area (Å²) in [4.78, 5) is 12.8. The normalized spacial score (nSPS) is 14.9. The molecule has 1 heterocycles. The van der Waals surface area contributed by atoms with Crippen molar-refractivity contribution in [1.29, 1.82) is 0 Å². The number of ether oxygens (including phenoxy) is 1. The highest BCUT2D eigenvalue weighted by atomic mass is 35.5. The monoisotopic (exact) mass is 428 g/mol. The highest BCUT2D eigenvalue weighted by molar-refractivity contribution is 7.89. The Labute approximate surface area is 168 Å². The molecule has 0 unspecified atom stereocenters. The van der Waals surface area contributed by atoms with Crippen LogP contribution >= 0.6 is 23.2 Å². The van der Waals surface area contributed by atoms with Crippen molar-refractivity contribution < 1.29 is 17.9 Å². The zero-order valence-corrected chi connectivity index (χ0v) is 16.9. The summed E-state index contributed by atoms with van der Waals surface area (Å²) in [5, 5.41) is 3.37. The molecule has 3 rings (SSSR count). The lowest BCUT2D eigenvalue weighted by Crippen LogP contribution is -2.28. The Morgan fingerprint density at radius 1 is 1.11 bits per heavy atom. The van der Waals surface area contributed by atoms with Gasteiger partial charge in [0.15, 0.2) is 0 Å². The Hall–Kier alpha value is -1.80. The fraction of sp³-hybridized carbons (Fsp3) is 0.278. The van der Waals surface area contributed by atoms with E-state index in [0.717, 1.165) is 12.8 Å². The second-order valence-electron chi connectivity index (χ2n) is 6.05. The molecule has 6 nitrogen and oxygen atoms in total. The zero-order chi connectivity index (χ0) is 19.6. The van der Waals surface area contributed by atoms with E-state index in [1.807, 2.05) is 0 Å². The van der Waals surface area contributed by atoms with Crippen molar-refractivity contribution in [3.8, 4) is 5.75 Å². The molecule has 0 radical (unpaired) electrons. The minimum absolute atomic E-state index is 0.0533. The van der Waals surface area contributed by atoms with Gasteiger partial charge in [-0.05, 0) is 49.2 Å². The number of amides is 1. The van der Waals surface area contributed by atoms with Crippen LogP contribution in [0.1, 0.15) is 23.2 Å². The van der Waals surface area contributed by atoms with Crippen LogP contribution in [0.2, 0.25) is 10.0 Å². The molecule has 1 N–H and O–H groups in total. The summed E-state index contributed by atoms with van der Waals surface area (Å²) in [7, 11) is -2.24. The van der Waals surface area contributed by atoms with Crippen LogP contribution in [0.5, 0.6) is 5.75 Å². The van der Waals surface area contributed by atoms with Crippen molar-refractivity contribution in [1.82, 2.24) is 4.31 Å². The van der Waals surface area contributed by atoms with Crippen LogP contribution in [-0.4, -0.2) is 38.8 Å². The standard InChI is InChI=1S/C18H18Cl2N2O4S/c1-26-17-7-5-13(27(24,25)22-8-2-3-9-22)11-14(17)18(23)21-16-6-4-12(19)10-15(16)20/h4-7,10-11H,2-3,8-9H2,1H3,(H,21,23). The van der Waals surface area contributed by atoms with Gasteiger partial charge in [-0.3, -0.25) is 4.79 Å². The van der Waals surface area contributed by atoms with E-state index in [9.17, 15) is 13.2 Å². The van der Waals surface area contributed by atoms with E-state index in [4.69, 9.17) is 27.9 Å². The third kappa shape index (κ3) is 4.21. The highest BCUT2D eigenvalue weighted by Crippen LogP contribution is 2.29. The van der Waals surface area contributed by atoms with Crippen LogP contribution in [0, 0.1) is 0 Å². The fourth-order valence-corrected chi connectivity index (χ4v) is 4.88. The number of nitrogens with one attached hydrogen (secondary N) is 1. The Morgan fingerprint density at radius 2 is 1.81 bits per heavy atom. The van der Waals surface area contributed by atoms with E-state index in [1.165, 1.54) is 35.7 Å². The summed E-state index contributed by atoms with van der Waals surface area (Å²) < 4.78 is 32.2. The lowest BCUT2D eigenvalue weighted by molar-refractivity contribution is 0.102. The van der Waals surface area contributed by atoms with Crippen molar-refractivity contribution in [2.24, 2.45) is 0 Å². The summed E-state index contributed by atoms with van der Waals surface area (Å²) in [6.07, 6.45) is 1.66. The SMILES string of the molecule is COc1ccc(S(=O)(=O)N2CCCC2)cc1C(=O)Nc1ccc(Cl)cc1Cl. The van der Waals surface area contributed by atoms with Gasteiger partial charge in [0, 0.05) is 18.1 Å². The number of methoxy groups -OCH3 is 1. The number of sulfonamides is 1. The molecule has 1 saturated heterocycles. The van der Waals surface area contributed by atoms with Crippen LogP contribution in [0.15, 0.2) is 41.3 Å². The summed E-state index contributed by atoms with van der Waals surface area (Å²) in [5.41, 5.74) is 0.463. The molecule has 1 amide bonds. The lowest BCUT2D eigenvalue weighted by Gasteiger charge is -2.17. The molecule has 0 atom stereocenters. The van der Waals surface area contributed by atoms with Gasteiger partial charge in [-0.15, -0.1) is 0 Å².